The number of carboxylic acids is 1. The number of nitrogens with one attached hydrogen (secondary N) is 2. The van der Waals surface area contributed by atoms with Crippen LogP contribution < -0.4 is 15.5 Å². The van der Waals surface area contributed by atoms with Crippen molar-refractivity contribution < 1.29 is 27.9 Å². The van der Waals surface area contributed by atoms with Crippen molar-refractivity contribution in [3.63, 3.8) is 0 Å². The van der Waals surface area contributed by atoms with E-state index in [0.29, 0.717) is 12.1 Å². The summed E-state index contributed by atoms with van der Waals surface area (Å²) in [5.74, 6) is -2.83. The van der Waals surface area contributed by atoms with Gasteiger partial charge in [-0.15, -0.1) is 11.3 Å². The molecule has 0 aliphatic carbocycles. The highest BCUT2D eigenvalue weighted by molar-refractivity contribution is 7.09. The summed E-state index contributed by atoms with van der Waals surface area (Å²) in [5, 5.41) is 16.5. The summed E-state index contributed by atoms with van der Waals surface area (Å²) in [5.41, 5.74) is 4.30. The van der Waals surface area contributed by atoms with Crippen LogP contribution in [0.15, 0.2) is 60.0 Å². The van der Waals surface area contributed by atoms with E-state index >= 15 is 0 Å². The van der Waals surface area contributed by atoms with Gasteiger partial charge in [-0.2, -0.15) is 13.2 Å². The number of fused-ring (bicyclic) bond motifs is 1. The predicted molar refractivity (Wildman–Crippen MR) is 123 cm³/mol. The maximum absolute atomic E-state index is 12.2. The molecule has 0 saturated heterocycles. The molecule has 0 radical (unpaired) electrons. The fourth-order valence-corrected chi connectivity index (χ4v) is 3.96. The van der Waals surface area contributed by atoms with Gasteiger partial charge in [0.15, 0.2) is 0 Å². The average Bonchev–Trinajstić information content (AvgIpc) is 3.17. The second-order valence-electron chi connectivity index (χ2n) is 7.31. The molecule has 0 spiro atoms. The molecule has 0 bridgehead atoms. The van der Waals surface area contributed by atoms with Gasteiger partial charge in [0.1, 0.15) is 5.01 Å². The second kappa shape index (κ2) is 11.6. The van der Waals surface area contributed by atoms with Crippen LogP contribution in [-0.4, -0.2) is 41.2 Å². The van der Waals surface area contributed by atoms with Gasteiger partial charge in [-0.25, -0.2) is 9.78 Å². The molecule has 1 aromatic heterocycles. The van der Waals surface area contributed by atoms with Crippen molar-refractivity contribution in [2.24, 2.45) is 0 Å². The topological polar surface area (TPSA) is 94.6 Å². The third-order valence-corrected chi connectivity index (χ3v) is 5.73. The fraction of sp³-hybridized carbons (Fsp3) is 0.261. The van der Waals surface area contributed by atoms with Crippen molar-refractivity contribution in [3.05, 3.63) is 81.8 Å². The molecule has 0 fully saturated rings. The molecule has 2 aromatic carbocycles. The number of benzene rings is 2. The molecule has 11 heteroatoms. The molecule has 1 amide bonds. The molecule has 1 aliphatic rings. The Morgan fingerprint density at radius 1 is 1.12 bits per heavy atom. The van der Waals surface area contributed by atoms with Crippen LogP contribution in [0.2, 0.25) is 0 Å². The molecule has 180 valence electrons. The van der Waals surface area contributed by atoms with Gasteiger partial charge in [0, 0.05) is 36.3 Å². The Balaban J connectivity index is 0.000000406. The third-order valence-electron chi connectivity index (χ3n) is 4.84. The Morgan fingerprint density at radius 3 is 2.50 bits per heavy atom. The number of aromatic nitrogens is 1. The van der Waals surface area contributed by atoms with Gasteiger partial charge in [-0.1, -0.05) is 36.4 Å². The monoisotopic (exact) mass is 492 g/mol. The van der Waals surface area contributed by atoms with Crippen molar-refractivity contribution in [2.75, 3.05) is 18.0 Å². The van der Waals surface area contributed by atoms with Gasteiger partial charge in [-0.05, 0) is 23.8 Å². The summed E-state index contributed by atoms with van der Waals surface area (Å²) < 4.78 is 31.7. The van der Waals surface area contributed by atoms with Gasteiger partial charge in [0.25, 0.3) is 5.91 Å². The molecule has 1 aliphatic heterocycles. The van der Waals surface area contributed by atoms with E-state index in [4.69, 9.17) is 14.9 Å². The number of hydrogen-bond acceptors (Lipinski definition) is 6. The van der Waals surface area contributed by atoms with E-state index in [2.05, 4.69) is 45.2 Å². The Bertz CT molecular complexity index is 1110. The van der Waals surface area contributed by atoms with Crippen molar-refractivity contribution in [2.45, 2.75) is 25.8 Å². The van der Waals surface area contributed by atoms with Crippen LogP contribution in [0.4, 0.5) is 18.9 Å². The molecule has 4 rings (SSSR count). The molecule has 34 heavy (non-hydrogen) atoms. The van der Waals surface area contributed by atoms with E-state index in [0.717, 1.165) is 36.9 Å². The molecule has 0 saturated carbocycles. The number of alkyl halides is 3. The van der Waals surface area contributed by atoms with Gasteiger partial charge in [0.05, 0.1) is 18.8 Å². The SMILES string of the molecule is O=C(NCc1nc(CN2CCNCc3ccccc32)cs1)c1ccccc1.O=C(O)C(F)(F)F. The van der Waals surface area contributed by atoms with Crippen LogP contribution >= 0.6 is 11.3 Å². The first-order valence-corrected chi connectivity index (χ1v) is 11.2. The minimum Gasteiger partial charge on any atom is -0.475 e. The lowest BCUT2D eigenvalue weighted by molar-refractivity contribution is -0.192. The largest absolute Gasteiger partial charge is 0.490 e. The molecule has 3 aromatic rings. The Labute approximate surface area is 198 Å². The highest BCUT2D eigenvalue weighted by Gasteiger charge is 2.38. The highest BCUT2D eigenvalue weighted by atomic mass is 32.1. The van der Waals surface area contributed by atoms with E-state index in [1.807, 2.05) is 30.3 Å². The van der Waals surface area contributed by atoms with Crippen molar-refractivity contribution >= 4 is 28.9 Å². The normalized spacial score (nSPS) is 13.2. The first-order valence-electron chi connectivity index (χ1n) is 10.3. The number of thiazole rings is 1. The van der Waals surface area contributed by atoms with E-state index in [-0.39, 0.29) is 5.91 Å². The summed E-state index contributed by atoms with van der Waals surface area (Å²) in [6, 6.07) is 17.8. The average molecular weight is 493 g/mol. The summed E-state index contributed by atoms with van der Waals surface area (Å²) in [7, 11) is 0. The van der Waals surface area contributed by atoms with Crippen molar-refractivity contribution in [1.29, 1.82) is 0 Å². The number of halogens is 3. The highest BCUT2D eigenvalue weighted by Crippen LogP contribution is 2.24. The van der Waals surface area contributed by atoms with Gasteiger partial charge in [0.2, 0.25) is 0 Å². The predicted octanol–water partition coefficient (Wildman–Crippen LogP) is 3.82. The quantitative estimate of drug-likeness (QED) is 0.502. The smallest absolute Gasteiger partial charge is 0.475 e. The van der Waals surface area contributed by atoms with E-state index in [1.54, 1.807) is 11.3 Å². The maximum atomic E-state index is 12.2. The number of carbonyl (C=O) groups excluding carboxylic acids is 1. The van der Waals surface area contributed by atoms with E-state index < -0.39 is 12.1 Å². The van der Waals surface area contributed by atoms with Crippen LogP contribution in [0.1, 0.15) is 26.6 Å². The molecular formula is C23H23F3N4O3S. The maximum Gasteiger partial charge on any atom is 0.490 e. The van der Waals surface area contributed by atoms with Gasteiger partial charge in [-0.3, -0.25) is 4.79 Å². The molecule has 3 N–H and O–H groups in total. The lowest BCUT2D eigenvalue weighted by Crippen LogP contribution is -2.28. The third kappa shape index (κ3) is 7.29. The molecule has 0 atom stereocenters. The number of hydrogen-bond donors (Lipinski definition) is 3. The fourth-order valence-electron chi connectivity index (χ4n) is 3.24. The Kier molecular flexibility index (Phi) is 8.61. The zero-order valence-corrected chi connectivity index (χ0v) is 18.8. The summed E-state index contributed by atoms with van der Waals surface area (Å²) >= 11 is 1.59. The van der Waals surface area contributed by atoms with Crippen LogP contribution in [0, 0.1) is 0 Å². The van der Waals surface area contributed by atoms with E-state index in [1.165, 1.54) is 11.3 Å². The van der Waals surface area contributed by atoms with E-state index in [9.17, 15) is 18.0 Å². The number of nitrogens with zero attached hydrogens (tertiary/aromatic N) is 2. The molecule has 2 heterocycles. The van der Waals surface area contributed by atoms with Crippen LogP contribution in [0.5, 0.6) is 0 Å². The van der Waals surface area contributed by atoms with Crippen molar-refractivity contribution in [1.82, 2.24) is 15.6 Å². The van der Waals surface area contributed by atoms with Gasteiger partial charge < -0.3 is 20.6 Å². The van der Waals surface area contributed by atoms with Gasteiger partial charge >= 0.3 is 12.1 Å². The number of anilines is 1. The zero-order chi connectivity index (χ0) is 24.6. The lowest BCUT2D eigenvalue weighted by Gasteiger charge is -2.23. The minimum absolute atomic E-state index is 0.0696. The number of aliphatic carboxylic acids is 1. The molecular weight excluding hydrogens is 469 g/mol. The number of rotatable bonds is 5. The van der Waals surface area contributed by atoms with Crippen LogP contribution in [0.25, 0.3) is 0 Å². The Morgan fingerprint density at radius 2 is 1.79 bits per heavy atom. The minimum atomic E-state index is -5.08. The summed E-state index contributed by atoms with van der Waals surface area (Å²) in [6.07, 6.45) is -5.08. The molecule has 7 nitrogen and oxygen atoms in total. The van der Waals surface area contributed by atoms with Crippen LogP contribution in [-0.2, 0) is 24.4 Å². The lowest BCUT2D eigenvalue weighted by atomic mass is 10.1. The zero-order valence-electron chi connectivity index (χ0n) is 18.0. The number of amides is 1. The first kappa shape index (κ1) is 25.2. The van der Waals surface area contributed by atoms with Crippen LogP contribution in [0.3, 0.4) is 0 Å². The number of carbonyl (C=O) groups is 2. The number of para-hydroxylation sites is 1. The standard InChI is InChI=1S/C21H22N4OS.C2HF3O2/c26-21(16-6-2-1-3-7-16)23-13-20-24-18(15-27-20)14-25-11-10-22-12-17-8-4-5-9-19(17)25;3-2(4,5)1(6)7/h1-9,15,22H,10-14H2,(H,23,26);(H,6,7). The Hall–Kier alpha value is -3.44. The second-order valence-corrected chi connectivity index (χ2v) is 8.25. The summed E-state index contributed by atoms with van der Waals surface area (Å²) in [6.45, 7) is 4.05. The van der Waals surface area contributed by atoms with Crippen molar-refractivity contribution in [3.8, 4) is 0 Å². The first-order chi connectivity index (χ1) is 16.2. The number of carboxylic acid groups (broad SMARTS) is 1. The molecule has 0 unspecified atom stereocenters. The summed E-state index contributed by atoms with van der Waals surface area (Å²) in [4.78, 5) is 28.2.